The van der Waals surface area contributed by atoms with Crippen LogP contribution in [0.3, 0.4) is 0 Å². The number of aryl methyl sites for hydroxylation is 1. The Kier molecular flexibility index (Phi) is 8.45. The molecule has 3 rings (SSSR count). The van der Waals surface area contributed by atoms with Crippen molar-refractivity contribution in [2.75, 3.05) is 19.0 Å². The van der Waals surface area contributed by atoms with Gasteiger partial charge in [-0.15, -0.1) is 5.10 Å². The van der Waals surface area contributed by atoms with E-state index in [1.54, 1.807) is 49.3 Å². The number of hydrogen-bond donors (Lipinski definition) is 3. The molecule has 5 atom stereocenters. The molecule has 1 aliphatic heterocycles. The Labute approximate surface area is 200 Å². The lowest BCUT2D eigenvalue weighted by atomic mass is 9.86. The molecule has 0 aliphatic carbocycles. The van der Waals surface area contributed by atoms with Gasteiger partial charge >= 0.3 is 0 Å². The van der Waals surface area contributed by atoms with Gasteiger partial charge < -0.3 is 29.1 Å². The van der Waals surface area contributed by atoms with E-state index in [4.69, 9.17) is 14.6 Å². The number of aliphatic hydroxyl groups is 2. The zero-order valence-corrected chi connectivity index (χ0v) is 21.4. The van der Waals surface area contributed by atoms with E-state index in [1.807, 2.05) is 6.92 Å². The number of fused-ring (bicyclic) bond motifs is 1. The molecule has 2 heterocycles. The van der Waals surface area contributed by atoms with E-state index < -0.39 is 26.5 Å². The molecule has 0 saturated carbocycles. The number of benzene rings is 1. The highest BCUT2D eigenvalue weighted by molar-refractivity contribution is 6.72. The fourth-order valence-corrected chi connectivity index (χ4v) is 6.52. The maximum absolute atomic E-state index is 15.6. The number of hydrogen-bond acceptors (Lipinski definition) is 7. The summed E-state index contributed by atoms with van der Waals surface area (Å²) in [5.74, 6) is -0.0512. The molecule has 1 unspecified atom stereocenters. The average Bonchev–Trinajstić information content (AvgIpc) is 3.21. The smallest absolute Gasteiger partial charge is 0.252 e. The maximum atomic E-state index is 15.6. The van der Waals surface area contributed by atoms with Gasteiger partial charge in [-0.2, -0.15) is 0 Å². The van der Waals surface area contributed by atoms with Crippen LogP contribution in [0.25, 0.3) is 0 Å². The highest BCUT2D eigenvalue weighted by Crippen LogP contribution is 2.47. The van der Waals surface area contributed by atoms with E-state index in [9.17, 15) is 9.90 Å². The minimum absolute atomic E-state index is 0.00140. The van der Waals surface area contributed by atoms with Crippen molar-refractivity contribution in [2.24, 2.45) is 5.92 Å². The standard InChI is InChI=1S/C23H35FN4O5Si/c1-14-21(32-3)18-12-16(25-23(31)15(2)30)6-7-19(18)33-22(14)20(34(4,5)24)8-10-28-13-17(9-11-29)26-27-28/h6-7,12-15,20-22,29-30H,8-11H2,1-5H3,(H,25,31)/t14-,15+,20?,21-,22-/m1/s1. The number of carbonyl (C=O) groups is 1. The number of ether oxygens (including phenoxy) is 2. The summed E-state index contributed by atoms with van der Waals surface area (Å²) in [5, 5.41) is 29.4. The quantitative estimate of drug-likeness (QED) is 0.343. The highest BCUT2D eigenvalue weighted by Gasteiger charge is 2.47. The van der Waals surface area contributed by atoms with Crippen molar-refractivity contribution in [3.05, 3.63) is 35.7 Å². The second kappa shape index (κ2) is 10.9. The van der Waals surface area contributed by atoms with E-state index in [0.29, 0.717) is 36.5 Å². The molecule has 1 aromatic carbocycles. The zero-order valence-electron chi connectivity index (χ0n) is 20.4. The zero-order chi connectivity index (χ0) is 25.0. The Balaban J connectivity index is 1.83. The molecule has 0 radical (unpaired) electrons. The Bertz CT molecular complexity index is 981. The lowest BCUT2D eigenvalue weighted by Crippen LogP contribution is -2.46. The number of anilines is 1. The van der Waals surface area contributed by atoms with Gasteiger partial charge in [0.15, 0.2) is 0 Å². The molecule has 34 heavy (non-hydrogen) atoms. The van der Waals surface area contributed by atoms with Crippen LogP contribution in [0.5, 0.6) is 5.75 Å². The van der Waals surface area contributed by atoms with Gasteiger partial charge in [-0.3, -0.25) is 9.48 Å². The monoisotopic (exact) mass is 494 g/mol. The normalized spacial score (nSPS) is 21.9. The number of carbonyl (C=O) groups excluding carboxylic acids is 1. The Morgan fingerprint density at radius 1 is 1.41 bits per heavy atom. The van der Waals surface area contributed by atoms with Gasteiger partial charge in [0.25, 0.3) is 5.91 Å². The van der Waals surface area contributed by atoms with E-state index >= 15 is 4.11 Å². The maximum Gasteiger partial charge on any atom is 0.252 e. The van der Waals surface area contributed by atoms with Gasteiger partial charge in [0.2, 0.25) is 8.41 Å². The Morgan fingerprint density at radius 3 is 2.76 bits per heavy atom. The van der Waals surface area contributed by atoms with Crippen LogP contribution in [-0.4, -0.2) is 65.4 Å². The van der Waals surface area contributed by atoms with E-state index in [2.05, 4.69) is 15.6 Å². The summed E-state index contributed by atoms with van der Waals surface area (Å²) in [6.07, 6.45) is 0.862. The number of halogens is 1. The fraction of sp³-hybridized carbons (Fsp3) is 0.609. The van der Waals surface area contributed by atoms with E-state index in [-0.39, 0.29) is 24.2 Å². The summed E-state index contributed by atoms with van der Waals surface area (Å²) in [6.45, 7) is 7.27. The van der Waals surface area contributed by atoms with Crippen LogP contribution in [0.1, 0.15) is 37.6 Å². The van der Waals surface area contributed by atoms with Crippen LogP contribution in [0.15, 0.2) is 24.4 Å². The van der Waals surface area contributed by atoms with Gasteiger partial charge in [0.1, 0.15) is 18.0 Å². The topological polar surface area (TPSA) is 119 Å². The van der Waals surface area contributed by atoms with E-state index in [0.717, 1.165) is 5.56 Å². The fourth-order valence-electron chi connectivity index (χ4n) is 4.55. The molecule has 0 fully saturated rings. The first kappa shape index (κ1) is 26.3. The van der Waals surface area contributed by atoms with Gasteiger partial charge in [-0.1, -0.05) is 12.1 Å². The molecule has 0 bridgehead atoms. The number of amides is 1. The lowest BCUT2D eigenvalue weighted by Gasteiger charge is -2.43. The number of nitrogens with zero attached hydrogens (tertiary/aromatic N) is 3. The third-order valence-electron chi connectivity index (χ3n) is 6.38. The number of nitrogens with one attached hydrogen (secondary N) is 1. The second-order valence-corrected chi connectivity index (χ2v) is 13.3. The van der Waals surface area contributed by atoms with Gasteiger partial charge in [0, 0.05) is 55.6 Å². The first-order valence-electron chi connectivity index (χ1n) is 11.6. The van der Waals surface area contributed by atoms with Crippen molar-refractivity contribution in [1.82, 2.24) is 15.0 Å². The molecule has 0 spiro atoms. The number of methoxy groups -OCH3 is 1. The van der Waals surface area contributed by atoms with Crippen molar-refractivity contribution < 1.29 is 28.6 Å². The summed E-state index contributed by atoms with van der Waals surface area (Å²) in [4.78, 5) is 11.9. The van der Waals surface area contributed by atoms with Crippen molar-refractivity contribution in [1.29, 1.82) is 0 Å². The minimum Gasteiger partial charge on any atom is -0.490 e. The third kappa shape index (κ3) is 6.01. The Hall–Kier alpha value is -2.34. The largest absolute Gasteiger partial charge is 0.490 e. The van der Waals surface area contributed by atoms with Gasteiger partial charge in [0.05, 0.1) is 11.8 Å². The van der Waals surface area contributed by atoms with Crippen molar-refractivity contribution in [2.45, 2.75) is 70.2 Å². The molecule has 1 amide bonds. The van der Waals surface area contributed by atoms with Gasteiger partial charge in [-0.05, 0) is 44.6 Å². The molecule has 3 N–H and O–H groups in total. The minimum atomic E-state index is -3.15. The lowest BCUT2D eigenvalue weighted by molar-refractivity contribution is -0.123. The van der Waals surface area contributed by atoms with Crippen molar-refractivity contribution in [3.63, 3.8) is 0 Å². The molecule has 11 heteroatoms. The molecule has 0 saturated heterocycles. The average molecular weight is 495 g/mol. The second-order valence-electron chi connectivity index (χ2n) is 9.42. The molecule has 9 nitrogen and oxygen atoms in total. The van der Waals surface area contributed by atoms with Crippen LogP contribution in [0, 0.1) is 5.92 Å². The summed E-state index contributed by atoms with van der Waals surface area (Å²) in [5.41, 5.74) is 1.68. The van der Waals surface area contributed by atoms with Crippen LogP contribution in [0.2, 0.25) is 18.6 Å². The summed E-state index contributed by atoms with van der Waals surface area (Å²) < 4.78 is 29.5. The summed E-state index contributed by atoms with van der Waals surface area (Å²) >= 11 is 0. The van der Waals surface area contributed by atoms with Crippen molar-refractivity contribution >= 4 is 20.0 Å². The molecular formula is C23H35FN4O5Si. The van der Waals surface area contributed by atoms with Gasteiger partial charge in [-0.25, -0.2) is 0 Å². The predicted octanol–water partition coefficient (Wildman–Crippen LogP) is 2.85. The number of rotatable bonds is 10. The number of aromatic nitrogens is 3. The molecule has 1 aliphatic rings. The third-order valence-corrected chi connectivity index (χ3v) is 8.76. The predicted molar refractivity (Wildman–Crippen MR) is 128 cm³/mol. The van der Waals surface area contributed by atoms with Crippen LogP contribution in [-0.2, 0) is 22.5 Å². The molecular weight excluding hydrogens is 459 g/mol. The first-order valence-corrected chi connectivity index (χ1v) is 14.5. The summed E-state index contributed by atoms with van der Waals surface area (Å²) in [6, 6.07) is 5.23. The summed E-state index contributed by atoms with van der Waals surface area (Å²) in [7, 11) is -1.54. The molecule has 1 aromatic heterocycles. The Morgan fingerprint density at radius 2 is 2.15 bits per heavy atom. The number of aliphatic hydroxyl groups excluding tert-OH is 2. The first-order chi connectivity index (χ1) is 16.0. The van der Waals surface area contributed by atoms with Crippen LogP contribution < -0.4 is 10.1 Å². The van der Waals surface area contributed by atoms with Crippen LogP contribution >= 0.6 is 0 Å². The van der Waals surface area contributed by atoms with Crippen LogP contribution in [0.4, 0.5) is 9.80 Å². The molecule has 2 aromatic rings. The van der Waals surface area contributed by atoms with E-state index in [1.165, 1.54) is 6.92 Å². The highest BCUT2D eigenvalue weighted by atomic mass is 28.4. The molecule has 188 valence electrons. The SMILES string of the molecule is CO[C@H]1c2cc(NC(=O)[C@H](C)O)ccc2O[C@@H](C(CCn2cc(CCO)nn2)[Si](C)(C)F)[C@@H]1C. The van der Waals surface area contributed by atoms with Crippen molar-refractivity contribution in [3.8, 4) is 5.75 Å².